The molecule has 0 aliphatic carbocycles. The van der Waals surface area contributed by atoms with E-state index in [0.29, 0.717) is 0 Å². The van der Waals surface area contributed by atoms with E-state index in [4.69, 9.17) is 0 Å². The third kappa shape index (κ3) is 4.83. The van der Waals surface area contributed by atoms with Crippen molar-refractivity contribution in [3.8, 4) is 0 Å². The van der Waals surface area contributed by atoms with Crippen LogP contribution in [0.5, 0.6) is 0 Å². The molecule has 0 aliphatic heterocycles. The minimum Gasteiger partial charge on any atom is -0.465 e. The second-order valence-corrected chi connectivity index (χ2v) is 3.27. The first-order valence-electron chi connectivity index (χ1n) is 4.53. The summed E-state index contributed by atoms with van der Waals surface area (Å²) in [6.45, 7) is 1.55. The average molecular weight is 223 g/mol. The fourth-order valence-electron chi connectivity index (χ4n) is 1.04. The van der Waals surface area contributed by atoms with Crippen LogP contribution in [-0.4, -0.2) is 50.3 Å². The maximum absolute atomic E-state index is 12.2. The van der Waals surface area contributed by atoms with E-state index in [9.17, 15) is 18.4 Å². The zero-order valence-electron chi connectivity index (χ0n) is 9.00. The third-order valence-corrected chi connectivity index (χ3v) is 1.68. The highest BCUT2D eigenvalue weighted by atomic mass is 19.3. The third-order valence-electron chi connectivity index (χ3n) is 1.68. The lowest BCUT2D eigenvalue weighted by atomic mass is 10.0. The quantitative estimate of drug-likeness (QED) is 0.487. The van der Waals surface area contributed by atoms with E-state index in [1.165, 1.54) is 4.90 Å². The van der Waals surface area contributed by atoms with Gasteiger partial charge in [-0.15, -0.1) is 0 Å². The van der Waals surface area contributed by atoms with Crippen LogP contribution in [0.2, 0.25) is 0 Å². The number of hydrogen-bond donors (Lipinski definition) is 0. The molecule has 0 bridgehead atoms. The maximum atomic E-state index is 12.2. The number of ketones is 1. The predicted octanol–water partition coefficient (Wildman–Crippen LogP) is 0.561. The topological polar surface area (TPSA) is 46.6 Å². The smallest absolute Gasteiger partial charge is 0.318 e. The largest absolute Gasteiger partial charge is 0.465 e. The van der Waals surface area contributed by atoms with Crippen molar-refractivity contribution in [2.45, 2.75) is 13.3 Å². The molecule has 0 aromatic rings. The summed E-state index contributed by atoms with van der Waals surface area (Å²) in [5, 5.41) is 0. The number of Topliss-reactive ketones (excluding diaryl/α,β-unsaturated/α-hetero) is 1. The summed E-state index contributed by atoms with van der Waals surface area (Å²) in [5.41, 5.74) is 0. The van der Waals surface area contributed by atoms with Crippen molar-refractivity contribution in [2.75, 3.05) is 27.2 Å². The first kappa shape index (κ1) is 14.0. The fraction of sp³-hybridized carbons (Fsp3) is 0.778. The van der Waals surface area contributed by atoms with Crippen molar-refractivity contribution >= 4 is 11.8 Å². The van der Waals surface area contributed by atoms with Crippen LogP contribution in [0, 0.1) is 5.92 Å². The Morgan fingerprint density at radius 2 is 1.87 bits per heavy atom. The molecule has 0 heterocycles. The number of ether oxygens (including phenoxy) is 1. The SMILES string of the molecule is CCOC(=O)C(CN(C)C)C(=O)C(F)F. The van der Waals surface area contributed by atoms with Crippen LogP contribution in [0.15, 0.2) is 0 Å². The zero-order chi connectivity index (χ0) is 12.0. The van der Waals surface area contributed by atoms with E-state index >= 15 is 0 Å². The molecule has 0 spiro atoms. The first-order valence-corrected chi connectivity index (χ1v) is 4.53. The van der Waals surface area contributed by atoms with Gasteiger partial charge in [0.2, 0.25) is 5.78 Å². The molecule has 4 nitrogen and oxygen atoms in total. The summed E-state index contributed by atoms with van der Waals surface area (Å²) < 4.78 is 28.9. The Hall–Kier alpha value is -1.04. The van der Waals surface area contributed by atoms with Gasteiger partial charge in [0.15, 0.2) is 0 Å². The summed E-state index contributed by atoms with van der Waals surface area (Å²) in [7, 11) is 3.18. The molecule has 0 N–H and O–H groups in total. The number of esters is 1. The van der Waals surface area contributed by atoms with Gasteiger partial charge in [0.1, 0.15) is 5.92 Å². The number of nitrogens with zero attached hydrogens (tertiary/aromatic N) is 1. The molecule has 0 amide bonds. The summed E-state index contributed by atoms with van der Waals surface area (Å²) in [6, 6.07) is 0. The second kappa shape index (κ2) is 6.44. The van der Waals surface area contributed by atoms with Gasteiger partial charge in [-0.1, -0.05) is 0 Å². The summed E-state index contributed by atoms with van der Waals surface area (Å²) in [6.07, 6.45) is -3.14. The molecular formula is C9H15F2NO3. The molecule has 0 saturated carbocycles. The molecule has 0 aliphatic rings. The van der Waals surface area contributed by atoms with E-state index in [2.05, 4.69) is 4.74 Å². The number of hydrogen-bond acceptors (Lipinski definition) is 4. The Labute approximate surface area is 87.2 Å². The molecule has 6 heteroatoms. The van der Waals surface area contributed by atoms with Crippen LogP contribution in [0.3, 0.4) is 0 Å². The maximum Gasteiger partial charge on any atom is 0.318 e. The van der Waals surface area contributed by atoms with Crippen LogP contribution >= 0.6 is 0 Å². The Bertz CT molecular complexity index is 231. The van der Waals surface area contributed by atoms with Crippen molar-refractivity contribution in [1.82, 2.24) is 4.90 Å². The zero-order valence-corrected chi connectivity index (χ0v) is 9.00. The molecular weight excluding hydrogens is 208 g/mol. The second-order valence-electron chi connectivity index (χ2n) is 3.27. The van der Waals surface area contributed by atoms with Gasteiger partial charge >= 0.3 is 5.97 Å². The van der Waals surface area contributed by atoms with Crippen molar-refractivity contribution in [2.24, 2.45) is 5.92 Å². The number of carbonyl (C=O) groups is 2. The van der Waals surface area contributed by atoms with E-state index in [-0.39, 0.29) is 13.2 Å². The number of rotatable bonds is 6. The Morgan fingerprint density at radius 1 is 1.33 bits per heavy atom. The van der Waals surface area contributed by atoms with Crippen molar-refractivity contribution in [1.29, 1.82) is 0 Å². The van der Waals surface area contributed by atoms with Gasteiger partial charge < -0.3 is 9.64 Å². The highest BCUT2D eigenvalue weighted by Crippen LogP contribution is 2.09. The average Bonchev–Trinajstić information content (AvgIpc) is 2.13. The van der Waals surface area contributed by atoms with Crippen LogP contribution in [0.4, 0.5) is 8.78 Å². The van der Waals surface area contributed by atoms with Crippen LogP contribution in [0.25, 0.3) is 0 Å². The molecule has 0 fully saturated rings. The van der Waals surface area contributed by atoms with Gasteiger partial charge in [-0.05, 0) is 21.0 Å². The minimum absolute atomic E-state index is 0.0675. The summed E-state index contributed by atoms with van der Waals surface area (Å²) >= 11 is 0. The monoisotopic (exact) mass is 223 g/mol. The Balaban J connectivity index is 4.57. The molecule has 1 atom stereocenters. The van der Waals surface area contributed by atoms with Crippen LogP contribution in [-0.2, 0) is 14.3 Å². The van der Waals surface area contributed by atoms with Crippen molar-refractivity contribution in [3.63, 3.8) is 0 Å². The first-order chi connectivity index (χ1) is 6.90. The summed E-state index contributed by atoms with van der Waals surface area (Å²) in [4.78, 5) is 23.7. The van der Waals surface area contributed by atoms with Crippen molar-refractivity contribution < 1.29 is 23.1 Å². The minimum atomic E-state index is -3.14. The van der Waals surface area contributed by atoms with E-state index in [1.54, 1.807) is 21.0 Å². The summed E-state index contributed by atoms with van der Waals surface area (Å²) in [5.74, 6) is -3.68. The molecule has 1 unspecified atom stereocenters. The normalized spacial score (nSPS) is 13.0. The van der Waals surface area contributed by atoms with Crippen LogP contribution in [0.1, 0.15) is 6.92 Å². The van der Waals surface area contributed by atoms with Gasteiger partial charge in [0.25, 0.3) is 6.43 Å². The number of halogens is 2. The van der Waals surface area contributed by atoms with Gasteiger partial charge in [-0.3, -0.25) is 9.59 Å². The Kier molecular flexibility index (Phi) is 6.00. The van der Waals surface area contributed by atoms with Gasteiger partial charge in [-0.25, -0.2) is 8.78 Å². The molecule has 0 rings (SSSR count). The van der Waals surface area contributed by atoms with Gasteiger partial charge in [0.05, 0.1) is 6.61 Å². The highest BCUT2D eigenvalue weighted by molar-refractivity contribution is 6.00. The molecule has 0 aromatic carbocycles. The molecule has 0 aromatic heterocycles. The molecule has 15 heavy (non-hydrogen) atoms. The standard InChI is InChI=1S/C9H15F2NO3/c1-4-15-9(14)6(5-12(2)3)7(13)8(10)11/h6,8H,4-5H2,1-3H3. The van der Waals surface area contributed by atoms with Crippen molar-refractivity contribution in [3.05, 3.63) is 0 Å². The predicted molar refractivity (Wildman–Crippen MR) is 49.7 cm³/mol. The number of carbonyl (C=O) groups excluding carboxylic acids is 2. The van der Waals surface area contributed by atoms with E-state index in [1.807, 2.05) is 0 Å². The highest BCUT2D eigenvalue weighted by Gasteiger charge is 2.34. The Morgan fingerprint density at radius 3 is 2.20 bits per heavy atom. The molecule has 0 radical (unpaired) electrons. The van der Waals surface area contributed by atoms with Gasteiger partial charge in [0, 0.05) is 6.54 Å². The number of alkyl halides is 2. The molecule has 0 saturated heterocycles. The van der Waals surface area contributed by atoms with Gasteiger partial charge in [-0.2, -0.15) is 0 Å². The van der Waals surface area contributed by atoms with E-state index < -0.39 is 24.1 Å². The lowest BCUT2D eigenvalue weighted by molar-refractivity contribution is -0.155. The lowest BCUT2D eigenvalue weighted by Crippen LogP contribution is -2.38. The van der Waals surface area contributed by atoms with Crippen LogP contribution < -0.4 is 0 Å². The van der Waals surface area contributed by atoms with E-state index in [0.717, 1.165) is 0 Å². The molecule has 88 valence electrons. The fourth-order valence-corrected chi connectivity index (χ4v) is 1.04. The lowest BCUT2D eigenvalue weighted by Gasteiger charge is -2.17.